The smallest absolute Gasteiger partial charge is 0.215 e. The van der Waals surface area contributed by atoms with Crippen LogP contribution in [-0.4, -0.2) is 61.9 Å². The maximum Gasteiger partial charge on any atom is 0.215 e. The zero-order chi connectivity index (χ0) is 15.5. The van der Waals surface area contributed by atoms with Crippen LogP contribution < -0.4 is 5.73 Å². The maximum atomic E-state index is 12.4. The molecule has 1 aliphatic rings. The summed E-state index contributed by atoms with van der Waals surface area (Å²) in [7, 11) is -1.15. The minimum atomic E-state index is -3.18. The molecule has 0 amide bonds. The monoisotopic (exact) mass is 329 g/mol. The third-order valence-electron chi connectivity index (χ3n) is 3.83. The van der Waals surface area contributed by atoms with Crippen molar-refractivity contribution in [2.45, 2.75) is 17.9 Å². The van der Waals surface area contributed by atoms with Gasteiger partial charge in [-0.2, -0.15) is 4.31 Å². The van der Waals surface area contributed by atoms with Crippen molar-refractivity contribution in [3.8, 4) is 0 Å². The van der Waals surface area contributed by atoms with E-state index in [-0.39, 0.29) is 11.8 Å². The summed E-state index contributed by atoms with van der Waals surface area (Å²) in [6, 6.07) is 7.81. The van der Waals surface area contributed by atoms with E-state index in [2.05, 4.69) is 11.8 Å². The van der Waals surface area contributed by atoms with Crippen LogP contribution >= 0.6 is 11.8 Å². The molecule has 21 heavy (non-hydrogen) atoms. The highest BCUT2D eigenvalue weighted by Gasteiger charge is 2.29. The minimum Gasteiger partial charge on any atom is -0.398 e. The lowest BCUT2D eigenvalue weighted by Gasteiger charge is -2.36. The van der Waals surface area contributed by atoms with E-state index >= 15 is 0 Å². The van der Waals surface area contributed by atoms with Crippen LogP contribution in [0.5, 0.6) is 0 Å². The van der Waals surface area contributed by atoms with E-state index in [1.807, 2.05) is 31.3 Å². The predicted octanol–water partition coefficient (Wildman–Crippen LogP) is 1.33. The van der Waals surface area contributed by atoms with Gasteiger partial charge in [0, 0.05) is 42.0 Å². The number of rotatable bonds is 5. The highest BCUT2D eigenvalue weighted by Crippen LogP contribution is 2.25. The summed E-state index contributed by atoms with van der Waals surface area (Å²) in [5.74, 6) is 0.680. The third-order valence-corrected chi connectivity index (χ3v) is 7.02. The molecule has 0 radical (unpaired) electrons. The van der Waals surface area contributed by atoms with Crippen LogP contribution in [0, 0.1) is 0 Å². The van der Waals surface area contributed by atoms with Gasteiger partial charge in [0.2, 0.25) is 10.0 Å². The summed E-state index contributed by atoms with van der Waals surface area (Å²) in [5.41, 5.74) is 6.56. The number of nitrogens with two attached hydrogens (primary N) is 1. The van der Waals surface area contributed by atoms with Gasteiger partial charge in [0.05, 0.1) is 5.75 Å². The van der Waals surface area contributed by atoms with Gasteiger partial charge in [-0.25, -0.2) is 8.42 Å². The van der Waals surface area contributed by atoms with Crippen LogP contribution in [0.15, 0.2) is 29.2 Å². The van der Waals surface area contributed by atoms with E-state index in [4.69, 9.17) is 5.73 Å². The Hall–Kier alpha value is -0.760. The largest absolute Gasteiger partial charge is 0.398 e. The van der Waals surface area contributed by atoms with Crippen LogP contribution in [0.2, 0.25) is 0 Å². The molecule has 0 saturated carbocycles. The molecule has 1 atom stereocenters. The lowest BCUT2D eigenvalue weighted by Crippen LogP contribution is -2.52. The molecule has 7 heteroatoms. The number of nitrogens with zero attached hydrogens (tertiary/aromatic N) is 2. The zero-order valence-corrected chi connectivity index (χ0v) is 14.2. The van der Waals surface area contributed by atoms with Crippen molar-refractivity contribution >= 4 is 27.5 Å². The highest BCUT2D eigenvalue weighted by atomic mass is 32.2. The van der Waals surface area contributed by atoms with Crippen molar-refractivity contribution < 1.29 is 8.42 Å². The number of thioether (sulfide) groups is 1. The fourth-order valence-corrected chi connectivity index (χ4v) is 5.13. The fourth-order valence-electron chi connectivity index (χ4n) is 2.27. The molecule has 1 aromatic carbocycles. The number of likely N-dealkylation sites (N-methyl/N-ethyl adjacent to an activating group) is 1. The molecule has 5 nitrogen and oxygen atoms in total. The van der Waals surface area contributed by atoms with Crippen LogP contribution in [-0.2, 0) is 10.0 Å². The first-order valence-electron chi connectivity index (χ1n) is 7.05. The van der Waals surface area contributed by atoms with E-state index in [0.29, 0.717) is 24.5 Å². The molecule has 0 bridgehead atoms. The predicted molar refractivity (Wildman–Crippen MR) is 89.0 cm³/mol. The summed E-state index contributed by atoms with van der Waals surface area (Å²) >= 11 is 1.50. The summed E-state index contributed by atoms with van der Waals surface area (Å²) in [4.78, 5) is 3.13. The SMILES string of the molecule is CC1CN(S(=O)(=O)CCSc2ccccc2N)CCN1C. The number of para-hydroxylation sites is 1. The van der Waals surface area contributed by atoms with Crippen LogP contribution in [0.3, 0.4) is 0 Å². The Labute approximate surface area is 131 Å². The second-order valence-electron chi connectivity index (χ2n) is 5.39. The van der Waals surface area contributed by atoms with E-state index < -0.39 is 10.0 Å². The average molecular weight is 329 g/mol. The molecule has 1 saturated heterocycles. The van der Waals surface area contributed by atoms with Gasteiger partial charge in [-0.05, 0) is 26.1 Å². The standard InChI is InChI=1S/C14H23N3O2S2/c1-12-11-17(8-7-16(12)2)21(18,19)10-9-20-14-6-4-3-5-13(14)15/h3-6,12H,7-11,15H2,1-2H3. The van der Waals surface area contributed by atoms with E-state index in [0.717, 1.165) is 11.4 Å². The van der Waals surface area contributed by atoms with Gasteiger partial charge >= 0.3 is 0 Å². The second-order valence-corrected chi connectivity index (χ2v) is 8.62. The fraction of sp³-hybridized carbons (Fsp3) is 0.571. The van der Waals surface area contributed by atoms with E-state index in [1.165, 1.54) is 11.8 Å². The Bertz CT molecular complexity index is 577. The quantitative estimate of drug-likeness (QED) is 0.652. The first-order chi connectivity index (χ1) is 9.90. The molecule has 0 aliphatic carbocycles. The Kier molecular flexibility index (Phi) is 5.54. The third kappa shape index (κ3) is 4.35. The number of nitrogen functional groups attached to an aromatic ring is 1. The van der Waals surface area contributed by atoms with Crippen molar-refractivity contribution in [1.82, 2.24) is 9.21 Å². The topological polar surface area (TPSA) is 66.6 Å². The lowest BCUT2D eigenvalue weighted by atomic mass is 10.2. The Morgan fingerprint density at radius 1 is 1.33 bits per heavy atom. The Balaban J connectivity index is 1.89. The Morgan fingerprint density at radius 3 is 2.71 bits per heavy atom. The van der Waals surface area contributed by atoms with Gasteiger partial charge in [0.25, 0.3) is 0 Å². The Morgan fingerprint density at radius 2 is 2.05 bits per heavy atom. The minimum absolute atomic E-state index is 0.155. The number of hydrogen-bond acceptors (Lipinski definition) is 5. The maximum absolute atomic E-state index is 12.4. The first kappa shape index (κ1) is 16.6. The van der Waals surface area contributed by atoms with Gasteiger partial charge in [0.1, 0.15) is 0 Å². The molecule has 2 rings (SSSR count). The molecule has 1 aromatic rings. The van der Waals surface area contributed by atoms with Crippen molar-refractivity contribution in [2.75, 3.05) is 43.9 Å². The molecule has 1 unspecified atom stereocenters. The summed E-state index contributed by atoms with van der Waals surface area (Å²) < 4.78 is 26.4. The second kappa shape index (κ2) is 7.00. The molecule has 118 valence electrons. The van der Waals surface area contributed by atoms with Crippen molar-refractivity contribution in [1.29, 1.82) is 0 Å². The molecule has 2 N–H and O–H groups in total. The van der Waals surface area contributed by atoms with E-state index in [9.17, 15) is 8.42 Å². The number of piperazine rings is 1. The van der Waals surface area contributed by atoms with Crippen LogP contribution in [0.1, 0.15) is 6.92 Å². The summed E-state index contributed by atoms with van der Waals surface area (Å²) in [6.45, 7) is 4.01. The number of sulfonamides is 1. The summed E-state index contributed by atoms with van der Waals surface area (Å²) in [6.07, 6.45) is 0. The molecule has 1 fully saturated rings. The normalized spacial score (nSPS) is 21.5. The molecule has 1 aliphatic heterocycles. The average Bonchev–Trinajstić information content (AvgIpc) is 2.44. The molecular formula is C14H23N3O2S2. The number of benzene rings is 1. The highest BCUT2D eigenvalue weighted by molar-refractivity contribution is 8.00. The van der Waals surface area contributed by atoms with Gasteiger partial charge in [-0.15, -0.1) is 11.8 Å². The van der Waals surface area contributed by atoms with Gasteiger partial charge in [0.15, 0.2) is 0 Å². The zero-order valence-electron chi connectivity index (χ0n) is 12.5. The number of hydrogen-bond donors (Lipinski definition) is 1. The van der Waals surface area contributed by atoms with Crippen molar-refractivity contribution in [3.05, 3.63) is 24.3 Å². The van der Waals surface area contributed by atoms with Crippen molar-refractivity contribution in [2.24, 2.45) is 0 Å². The van der Waals surface area contributed by atoms with Crippen molar-refractivity contribution in [3.63, 3.8) is 0 Å². The molecule has 0 spiro atoms. The van der Waals surface area contributed by atoms with Gasteiger partial charge < -0.3 is 10.6 Å². The lowest BCUT2D eigenvalue weighted by molar-refractivity contribution is 0.160. The number of anilines is 1. The van der Waals surface area contributed by atoms with Crippen LogP contribution in [0.25, 0.3) is 0 Å². The first-order valence-corrected chi connectivity index (χ1v) is 9.65. The van der Waals surface area contributed by atoms with Gasteiger partial charge in [-0.3, -0.25) is 0 Å². The molecule has 0 aromatic heterocycles. The van der Waals surface area contributed by atoms with E-state index in [1.54, 1.807) is 4.31 Å². The van der Waals surface area contributed by atoms with Gasteiger partial charge in [-0.1, -0.05) is 12.1 Å². The molecule has 1 heterocycles. The molecular weight excluding hydrogens is 306 g/mol. The van der Waals surface area contributed by atoms with Crippen LogP contribution in [0.4, 0.5) is 5.69 Å². The summed E-state index contributed by atoms with van der Waals surface area (Å²) in [5, 5.41) is 0.